The number of imidazole rings is 1. The molecule has 4 aromatic carbocycles. The van der Waals surface area contributed by atoms with Crippen molar-refractivity contribution in [2.75, 3.05) is 0 Å². The van der Waals surface area contributed by atoms with Crippen molar-refractivity contribution in [2.24, 2.45) is 0 Å². The average molecular weight is 547 g/mol. The summed E-state index contributed by atoms with van der Waals surface area (Å²) in [5.74, 6) is 0.0200. The van der Waals surface area contributed by atoms with E-state index < -0.39 is 5.91 Å². The van der Waals surface area contributed by atoms with Crippen LogP contribution in [-0.2, 0) is 0 Å². The Morgan fingerprint density at radius 1 is 0.950 bits per heavy atom. The Labute approximate surface area is 237 Å². The van der Waals surface area contributed by atoms with Crippen LogP contribution >= 0.6 is 11.6 Å². The van der Waals surface area contributed by atoms with E-state index in [0.717, 1.165) is 35.0 Å². The van der Waals surface area contributed by atoms with Gasteiger partial charge in [0.2, 0.25) is 0 Å². The van der Waals surface area contributed by atoms with E-state index in [1.807, 2.05) is 60.7 Å². The fourth-order valence-corrected chi connectivity index (χ4v) is 5.26. The number of Topliss-reactive ketones (excluding diaryl/α,β-unsaturated/α-hetero) is 1. The van der Waals surface area contributed by atoms with E-state index in [0.29, 0.717) is 34.0 Å². The van der Waals surface area contributed by atoms with Crippen LogP contribution in [0.25, 0.3) is 33.5 Å². The molecule has 5 rings (SSSR count). The molecule has 0 spiro atoms. The average Bonchev–Trinajstić information content (AvgIpc) is 3.41. The summed E-state index contributed by atoms with van der Waals surface area (Å²) in [6.07, 6.45) is 3.85. The van der Waals surface area contributed by atoms with Gasteiger partial charge in [0.1, 0.15) is 5.82 Å². The molecule has 40 heavy (non-hydrogen) atoms. The summed E-state index contributed by atoms with van der Waals surface area (Å²) < 4.78 is 0. The van der Waals surface area contributed by atoms with Gasteiger partial charge in [-0.05, 0) is 65.4 Å². The summed E-state index contributed by atoms with van der Waals surface area (Å²) in [7, 11) is 0. The molecular formula is C33H27ClN4O2. The third kappa shape index (κ3) is 5.66. The van der Waals surface area contributed by atoms with Crippen molar-refractivity contribution in [3.8, 4) is 28.7 Å². The molecule has 1 aromatic heterocycles. The van der Waals surface area contributed by atoms with Gasteiger partial charge in [-0.2, -0.15) is 5.26 Å². The number of carbonyl (C=O) groups is 2. The Hall–Kier alpha value is -4.73. The zero-order chi connectivity index (χ0) is 28.1. The van der Waals surface area contributed by atoms with E-state index >= 15 is 0 Å². The number of H-pyrrole nitrogens is 1. The third-order valence-electron chi connectivity index (χ3n) is 7.01. The number of hydrogen-bond donors (Lipinski definition) is 2. The fraction of sp³-hybridized carbons (Fsp3) is 0.152. The minimum atomic E-state index is -0.601. The molecule has 0 aliphatic carbocycles. The first-order chi connectivity index (χ1) is 19.5. The molecule has 1 amide bonds. The molecule has 0 aliphatic heterocycles. The summed E-state index contributed by atoms with van der Waals surface area (Å²) in [5, 5.41) is 11.9. The van der Waals surface area contributed by atoms with Crippen LogP contribution < -0.4 is 5.32 Å². The summed E-state index contributed by atoms with van der Waals surface area (Å²) in [6.45, 7) is 2.10. The SMILES string of the molecule is CCC[C@@H](CC(=O)c1ccc(-c2cc(Cl)ccc2-c2nc3ccccc3[nH]2)c(C(=O)NC#N)c1)c1ccccc1. The summed E-state index contributed by atoms with van der Waals surface area (Å²) >= 11 is 6.42. The lowest BCUT2D eigenvalue weighted by Gasteiger charge is -2.17. The first-order valence-electron chi connectivity index (χ1n) is 13.1. The maximum absolute atomic E-state index is 13.5. The Balaban J connectivity index is 1.58. The third-order valence-corrected chi connectivity index (χ3v) is 7.25. The van der Waals surface area contributed by atoms with Crippen LogP contribution in [0.2, 0.25) is 5.02 Å². The summed E-state index contributed by atoms with van der Waals surface area (Å²) in [4.78, 5) is 34.7. The first-order valence-corrected chi connectivity index (χ1v) is 13.5. The molecule has 198 valence electrons. The van der Waals surface area contributed by atoms with Crippen LogP contribution in [-0.4, -0.2) is 21.7 Å². The van der Waals surface area contributed by atoms with Crippen molar-refractivity contribution in [3.63, 3.8) is 0 Å². The molecule has 0 bridgehead atoms. The number of nitrogens with one attached hydrogen (secondary N) is 2. The van der Waals surface area contributed by atoms with Gasteiger partial charge in [0, 0.05) is 28.1 Å². The van der Waals surface area contributed by atoms with E-state index in [4.69, 9.17) is 16.6 Å². The summed E-state index contributed by atoms with van der Waals surface area (Å²) in [5.41, 5.74) is 5.35. The number of aromatic nitrogens is 2. The molecular weight excluding hydrogens is 520 g/mol. The number of hydrogen-bond acceptors (Lipinski definition) is 4. The molecule has 0 radical (unpaired) electrons. The Morgan fingerprint density at radius 2 is 1.70 bits per heavy atom. The van der Waals surface area contributed by atoms with Gasteiger partial charge in [0.25, 0.3) is 5.91 Å². The van der Waals surface area contributed by atoms with Crippen LogP contribution in [0.3, 0.4) is 0 Å². The monoisotopic (exact) mass is 546 g/mol. The largest absolute Gasteiger partial charge is 0.338 e. The highest BCUT2D eigenvalue weighted by Crippen LogP contribution is 2.37. The number of rotatable bonds is 9. The van der Waals surface area contributed by atoms with Gasteiger partial charge in [-0.1, -0.05) is 79.5 Å². The van der Waals surface area contributed by atoms with Crippen molar-refractivity contribution in [1.82, 2.24) is 15.3 Å². The smallest absolute Gasteiger partial charge is 0.264 e. The van der Waals surface area contributed by atoms with Crippen molar-refractivity contribution in [1.29, 1.82) is 5.26 Å². The quantitative estimate of drug-likeness (QED) is 0.111. The van der Waals surface area contributed by atoms with E-state index in [-0.39, 0.29) is 17.3 Å². The van der Waals surface area contributed by atoms with E-state index in [1.54, 1.807) is 36.5 Å². The lowest BCUT2D eigenvalue weighted by Crippen LogP contribution is -2.19. The number of fused-ring (bicyclic) bond motifs is 1. The summed E-state index contributed by atoms with van der Waals surface area (Å²) in [6, 6.07) is 28.1. The number of halogens is 1. The van der Waals surface area contributed by atoms with Gasteiger partial charge in [-0.25, -0.2) is 4.98 Å². The normalized spacial score (nSPS) is 11.6. The molecule has 7 heteroatoms. The standard InChI is InChI=1S/C33H27ClN4O2/c1-2-8-22(21-9-4-3-5-10-21)18-31(39)23-13-15-25(28(17-23)33(40)36-20-35)27-19-24(34)14-16-26(27)32-37-29-11-6-7-12-30(29)38-32/h3-7,9-17,19,22H,2,8,18H2,1H3,(H,36,40)(H,37,38)/t22-/m0/s1. The van der Waals surface area contributed by atoms with Crippen molar-refractivity contribution >= 4 is 34.3 Å². The minimum Gasteiger partial charge on any atom is -0.338 e. The van der Waals surface area contributed by atoms with Gasteiger partial charge in [-0.3, -0.25) is 14.9 Å². The number of nitriles is 1. The number of ketones is 1. The maximum Gasteiger partial charge on any atom is 0.264 e. The second kappa shape index (κ2) is 12.0. The Bertz CT molecular complexity index is 1700. The number of amides is 1. The van der Waals surface area contributed by atoms with Gasteiger partial charge < -0.3 is 4.98 Å². The maximum atomic E-state index is 13.5. The van der Waals surface area contributed by atoms with Crippen LogP contribution in [0.4, 0.5) is 0 Å². The lowest BCUT2D eigenvalue weighted by molar-refractivity contribution is 0.0971. The molecule has 1 heterocycles. The molecule has 0 aliphatic rings. The number of para-hydroxylation sites is 2. The topological polar surface area (TPSA) is 98.6 Å². The number of aromatic amines is 1. The Kier molecular flexibility index (Phi) is 8.04. The molecule has 5 aromatic rings. The highest BCUT2D eigenvalue weighted by molar-refractivity contribution is 6.31. The van der Waals surface area contributed by atoms with Gasteiger partial charge in [0.05, 0.1) is 11.0 Å². The van der Waals surface area contributed by atoms with E-state index in [1.165, 1.54) is 0 Å². The van der Waals surface area contributed by atoms with Crippen LogP contribution in [0.1, 0.15) is 58.4 Å². The number of nitrogens with zero attached hydrogens (tertiary/aromatic N) is 2. The fourth-order valence-electron chi connectivity index (χ4n) is 5.09. The van der Waals surface area contributed by atoms with Crippen molar-refractivity contribution < 1.29 is 9.59 Å². The highest BCUT2D eigenvalue weighted by atomic mass is 35.5. The predicted octanol–water partition coefficient (Wildman–Crippen LogP) is 7.92. The molecule has 6 nitrogen and oxygen atoms in total. The van der Waals surface area contributed by atoms with Gasteiger partial charge in [-0.15, -0.1) is 0 Å². The highest BCUT2D eigenvalue weighted by Gasteiger charge is 2.22. The molecule has 0 unspecified atom stereocenters. The lowest BCUT2D eigenvalue weighted by atomic mass is 9.87. The first kappa shape index (κ1) is 26.9. The molecule has 0 saturated carbocycles. The van der Waals surface area contributed by atoms with Gasteiger partial charge >= 0.3 is 0 Å². The van der Waals surface area contributed by atoms with Crippen LogP contribution in [0.15, 0.2) is 91.0 Å². The predicted molar refractivity (Wildman–Crippen MR) is 158 cm³/mol. The van der Waals surface area contributed by atoms with Crippen molar-refractivity contribution in [3.05, 3.63) is 113 Å². The van der Waals surface area contributed by atoms with Crippen molar-refractivity contribution in [2.45, 2.75) is 32.1 Å². The molecule has 0 fully saturated rings. The zero-order valence-corrected chi connectivity index (χ0v) is 22.7. The molecule has 2 N–H and O–H groups in total. The van der Waals surface area contributed by atoms with Gasteiger partial charge in [0.15, 0.2) is 12.0 Å². The zero-order valence-electron chi connectivity index (χ0n) is 21.9. The van der Waals surface area contributed by atoms with E-state index in [9.17, 15) is 14.9 Å². The number of benzene rings is 4. The second-order valence-corrected chi connectivity index (χ2v) is 10.1. The van der Waals surface area contributed by atoms with Crippen LogP contribution in [0, 0.1) is 11.5 Å². The minimum absolute atomic E-state index is 0.0662. The number of carbonyl (C=O) groups excluding carboxylic acids is 2. The Morgan fingerprint density at radius 3 is 2.45 bits per heavy atom. The van der Waals surface area contributed by atoms with Crippen LogP contribution in [0.5, 0.6) is 0 Å². The molecule has 0 saturated heterocycles. The second-order valence-electron chi connectivity index (χ2n) is 9.64. The molecule has 1 atom stereocenters. The van der Waals surface area contributed by atoms with E-state index in [2.05, 4.69) is 17.2 Å².